The molecule has 0 radical (unpaired) electrons. The van der Waals surface area contributed by atoms with Gasteiger partial charge in [-0.2, -0.15) is 8.42 Å². The molecule has 0 aromatic carbocycles. The van der Waals surface area contributed by atoms with Crippen LogP contribution >= 0.6 is 0 Å². The van der Waals surface area contributed by atoms with Crippen molar-refractivity contribution in [2.45, 2.75) is 185 Å². The van der Waals surface area contributed by atoms with E-state index in [1.807, 2.05) is 18.2 Å². The van der Waals surface area contributed by atoms with E-state index in [-0.39, 0.29) is 18.9 Å². The molecule has 0 aromatic rings. The number of hydrogen-bond donors (Lipinski definition) is 6. The maximum absolute atomic E-state index is 12.9. The lowest BCUT2D eigenvalue weighted by Crippen LogP contribution is -2.61. The van der Waals surface area contributed by atoms with Crippen molar-refractivity contribution in [3.63, 3.8) is 0 Å². The first-order chi connectivity index (χ1) is 24.5. The number of nitrogens with one attached hydrogen (secondary N) is 1. The Kier molecular flexibility index (Phi) is 27.6. The Morgan fingerprint density at radius 1 is 0.784 bits per heavy atom. The number of amides is 1. The number of allylic oxidation sites excluding steroid dienone is 5. The molecular weight excluding hydrogens is 678 g/mol. The first kappa shape index (κ1) is 47.3. The van der Waals surface area contributed by atoms with Crippen molar-refractivity contribution in [1.82, 2.24) is 5.32 Å². The summed E-state index contributed by atoms with van der Waals surface area (Å²) in [5.74, 6) is -0.334. The normalized spacial score (nSPS) is 22.7. The van der Waals surface area contributed by atoms with Crippen molar-refractivity contribution in [1.29, 1.82) is 0 Å². The van der Waals surface area contributed by atoms with Gasteiger partial charge >= 0.3 is 10.4 Å². The molecule has 7 atom stereocenters. The number of aliphatic hydroxyl groups is 4. The summed E-state index contributed by atoms with van der Waals surface area (Å²) in [6.07, 6.45) is 23.6. The van der Waals surface area contributed by atoms with Crippen LogP contribution in [0.4, 0.5) is 0 Å². The van der Waals surface area contributed by atoms with Crippen LogP contribution in [0, 0.1) is 0 Å². The largest absolute Gasteiger partial charge is 0.397 e. The molecule has 1 saturated heterocycles. The molecule has 1 amide bonds. The molecule has 0 spiro atoms. The SMILES string of the molecule is CCCCCCCC/C=C\C/C=C\CCC(=O)NC(COC1OC(CO)C(O)C(OS(=O)(=O)O)C1O)C(O)/C=C/CCCCCCCCCCC. The molecule has 12 nitrogen and oxygen atoms in total. The molecule has 0 aliphatic carbocycles. The zero-order chi connectivity index (χ0) is 37.7. The summed E-state index contributed by atoms with van der Waals surface area (Å²) in [4.78, 5) is 12.9. The van der Waals surface area contributed by atoms with E-state index in [0.29, 0.717) is 6.42 Å². The highest BCUT2D eigenvalue weighted by atomic mass is 32.3. The average molecular weight is 748 g/mol. The lowest BCUT2D eigenvalue weighted by molar-refractivity contribution is -0.298. The Hall–Kier alpha value is -1.68. The number of hydrogen-bond acceptors (Lipinski definition) is 10. The van der Waals surface area contributed by atoms with Crippen molar-refractivity contribution in [2.24, 2.45) is 0 Å². The van der Waals surface area contributed by atoms with E-state index in [9.17, 15) is 33.6 Å². The highest BCUT2D eigenvalue weighted by Crippen LogP contribution is 2.26. The summed E-state index contributed by atoms with van der Waals surface area (Å²) in [5, 5.41) is 44.3. The van der Waals surface area contributed by atoms with Crippen LogP contribution < -0.4 is 5.32 Å². The molecule has 1 aliphatic rings. The third kappa shape index (κ3) is 23.6. The van der Waals surface area contributed by atoms with Crippen LogP contribution in [0.3, 0.4) is 0 Å². The van der Waals surface area contributed by atoms with Gasteiger partial charge in [0.25, 0.3) is 0 Å². The highest BCUT2D eigenvalue weighted by molar-refractivity contribution is 7.80. The maximum Gasteiger partial charge on any atom is 0.397 e. The van der Waals surface area contributed by atoms with Crippen LogP contribution in [0.15, 0.2) is 36.5 Å². The van der Waals surface area contributed by atoms with E-state index in [0.717, 1.165) is 38.5 Å². The third-order valence-corrected chi connectivity index (χ3v) is 9.39. The summed E-state index contributed by atoms with van der Waals surface area (Å²) in [6, 6.07) is -0.970. The van der Waals surface area contributed by atoms with E-state index in [1.54, 1.807) is 6.08 Å². The molecule has 0 aromatic heterocycles. The Morgan fingerprint density at radius 2 is 1.31 bits per heavy atom. The number of aliphatic hydroxyl groups excluding tert-OH is 4. The molecule has 7 unspecified atom stereocenters. The Morgan fingerprint density at radius 3 is 1.86 bits per heavy atom. The summed E-state index contributed by atoms with van der Waals surface area (Å²) in [7, 11) is -5.08. The number of ether oxygens (including phenoxy) is 2. The standard InChI is InChI=1S/C38H69NO11S/c1-3-5-7-9-11-13-15-16-18-20-22-24-26-28-34(42)39-31(32(41)27-25-23-21-19-17-14-12-10-8-6-4-2)30-48-38-36(44)37(50-51(45,46)47)35(43)33(29-40)49-38/h16,18,22,24-25,27,31-33,35-38,40-41,43-44H,3-15,17,19-21,23,26,28-30H2,1-2H3,(H,39,42)(H,45,46,47)/b18-16-,24-22-,27-25+. The zero-order valence-electron chi connectivity index (χ0n) is 31.2. The molecule has 298 valence electrons. The van der Waals surface area contributed by atoms with Crippen LogP contribution in [-0.2, 0) is 28.9 Å². The molecule has 1 rings (SSSR count). The van der Waals surface area contributed by atoms with Gasteiger partial charge in [0.2, 0.25) is 5.91 Å². The lowest BCUT2D eigenvalue weighted by atomic mass is 9.99. The molecule has 13 heteroatoms. The van der Waals surface area contributed by atoms with Crippen molar-refractivity contribution >= 4 is 16.3 Å². The van der Waals surface area contributed by atoms with Crippen molar-refractivity contribution in [2.75, 3.05) is 13.2 Å². The minimum atomic E-state index is -5.08. The van der Waals surface area contributed by atoms with E-state index in [4.69, 9.17) is 14.0 Å². The second-order valence-corrected chi connectivity index (χ2v) is 14.6. The molecule has 1 aliphatic heterocycles. The van der Waals surface area contributed by atoms with E-state index >= 15 is 0 Å². The van der Waals surface area contributed by atoms with Crippen LogP contribution in [0.1, 0.15) is 142 Å². The van der Waals surface area contributed by atoms with E-state index in [2.05, 4.69) is 35.5 Å². The fraction of sp³-hybridized carbons (Fsp3) is 0.816. The summed E-state index contributed by atoms with van der Waals surface area (Å²) in [6.45, 7) is 3.28. The summed E-state index contributed by atoms with van der Waals surface area (Å²) >= 11 is 0. The minimum absolute atomic E-state index is 0.162. The van der Waals surface area contributed by atoms with Gasteiger partial charge in [0.05, 0.1) is 25.4 Å². The maximum atomic E-state index is 12.9. The van der Waals surface area contributed by atoms with Crippen LogP contribution in [0.2, 0.25) is 0 Å². The predicted octanol–water partition coefficient (Wildman–Crippen LogP) is 5.99. The fourth-order valence-electron chi connectivity index (χ4n) is 5.85. The molecule has 0 bridgehead atoms. The van der Waals surface area contributed by atoms with Crippen molar-refractivity contribution in [3.05, 3.63) is 36.5 Å². The Bertz CT molecular complexity index is 1070. The molecule has 6 N–H and O–H groups in total. The van der Waals surface area contributed by atoms with Crippen molar-refractivity contribution < 1.29 is 51.8 Å². The molecule has 51 heavy (non-hydrogen) atoms. The molecule has 1 fully saturated rings. The van der Waals surface area contributed by atoms with Gasteiger partial charge in [-0.05, 0) is 38.5 Å². The van der Waals surface area contributed by atoms with Gasteiger partial charge in [-0.25, -0.2) is 4.18 Å². The first-order valence-electron chi connectivity index (χ1n) is 19.4. The highest BCUT2D eigenvalue weighted by Gasteiger charge is 2.48. The van der Waals surface area contributed by atoms with Gasteiger partial charge in [0.1, 0.15) is 24.4 Å². The number of carbonyl (C=O) groups is 1. The molecular formula is C38H69NO11S. The fourth-order valence-corrected chi connectivity index (χ4v) is 6.36. The summed E-state index contributed by atoms with van der Waals surface area (Å²) < 4.78 is 47.3. The van der Waals surface area contributed by atoms with Gasteiger partial charge in [-0.15, -0.1) is 0 Å². The van der Waals surface area contributed by atoms with Gasteiger partial charge in [0, 0.05) is 6.42 Å². The molecule has 1 heterocycles. The smallest absolute Gasteiger partial charge is 0.394 e. The second kappa shape index (κ2) is 29.7. The van der Waals surface area contributed by atoms with E-state index in [1.165, 1.54) is 77.0 Å². The van der Waals surface area contributed by atoms with E-state index < -0.39 is 59.9 Å². The van der Waals surface area contributed by atoms with Crippen LogP contribution in [0.25, 0.3) is 0 Å². The first-order valence-corrected chi connectivity index (χ1v) is 20.7. The molecule has 0 saturated carbocycles. The van der Waals surface area contributed by atoms with Gasteiger partial charge in [0.15, 0.2) is 6.29 Å². The van der Waals surface area contributed by atoms with Gasteiger partial charge in [-0.1, -0.05) is 134 Å². The number of carbonyl (C=O) groups excluding carboxylic acids is 1. The topological polar surface area (TPSA) is 192 Å². The lowest BCUT2D eigenvalue weighted by Gasteiger charge is -2.41. The predicted molar refractivity (Wildman–Crippen MR) is 199 cm³/mol. The van der Waals surface area contributed by atoms with Crippen LogP contribution in [-0.4, -0.2) is 95.4 Å². The number of rotatable bonds is 31. The second-order valence-electron chi connectivity index (χ2n) is 13.5. The number of unbranched alkanes of at least 4 members (excludes halogenated alkanes) is 15. The Balaban J connectivity index is 2.69. The van der Waals surface area contributed by atoms with Gasteiger partial charge < -0.3 is 35.2 Å². The summed E-state index contributed by atoms with van der Waals surface area (Å²) in [5.41, 5.74) is 0. The third-order valence-electron chi connectivity index (χ3n) is 8.93. The minimum Gasteiger partial charge on any atom is -0.394 e. The quantitative estimate of drug-likeness (QED) is 0.0278. The van der Waals surface area contributed by atoms with Gasteiger partial charge in [-0.3, -0.25) is 9.35 Å². The Labute approximate surface area is 307 Å². The average Bonchev–Trinajstić information content (AvgIpc) is 3.09. The van der Waals surface area contributed by atoms with Crippen molar-refractivity contribution in [3.8, 4) is 0 Å². The van der Waals surface area contributed by atoms with Crippen LogP contribution in [0.5, 0.6) is 0 Å². The zero-order valence-corrected chi connectivity index (χ0v) is 32.0. The monoisotopic (exact) mass is 747 g/mol.